The average molecular weight is 569 g/mol. The highest BCUT2D eigenvalue weighted by atomic mass is 16.5. The van der Waals surface area contributed by atoms with Gasteiger partial charge in [-0.15, -0.1) is 0 Å². The Balaban J connectivity index is 1.23. The first-order valence-electron chi connectivity index (χ1n) is 14.7. The maximum atomic E-state index is 5.51. The highest BCUT2D eigenvalue weighted by Crippen LogP contribution is 2.24. The van der Waals surface area contributed by atoms with Crippen LogP contribution in [0.3, 0.4) is 0 Å². The van der Waals surface area contributed by atoms with Gasteiger partial charge in [0.2, 0.25) is 0 Å². The van der Waals surface area contributed by atoms with E-state index in [1.807, 2.05) is 54.9 Å². The summed E-state index contributed by atoms with van der Waals surface area (Å²) in [5.74, 6) is 1.74. The molecule has 222 valence electrons. The van der Waals surface area contributed by atoms with Gasteiger partial charge in [0.05, 0.1) is 25.6 Å². The van der Waals surface area contributed by atoms with Gasteiger partial charge < -0.3 is 25.4 Å². The van der Waals surface area contributed by atoms with Crippen LogP contribution in [0, 0.1) is 0 Å². The van der Waals surface area contributed by atoms with Gasteiger partial charge in [0, 0.05) is 64.8 Å². The first-order chi connectivity index (χ1) is 20.7. The molecule has 0 aliphatic carbocycles. The van der Waals surface area contributed by atoms with Crippen molar-refractivity contribution in [2.24, 2.45) is 0 Å². The number of ether oxygens (including phenoxy) is 2. The number of aromatic nitrogens is 2. The van der Waals surface area contributed by atoms with E-state index in [1.165, 1.54) is 11.1 Å². The Morgan fingerprint density at radius 3 is 1.83 bits per heavy atom. The Hall–Kier alpha value is -3.82. The van der Waals surface area contributed by atoms with Crippen molar-refractivity contribution in [1.29, 1.82) is 0 Å². The van der Waals surface area contributed by atoms with Gasteiger partial charge in [-0.25, -0.2) is 0 Å². The Labute approximate surface area is 250 Å². The zero-order chi connectivity index (χ0) is 29.2. The third-order valence-electron chi connectivity index (χ3n) is 7.09. The monoisotopic (exact) mass is 568 g/mol. The van der Waals surface area contributed by atoms with Gasteiger partial charge in [0.15, 0.2) is 0 Å². The molecule has 42 heavy (non-hydrogen) atoms. The van der Waals surface area contributed by atoms with Crippen molar-refractivity contribution in [2.75, 3.05) is 46.9 Å². The quantitative estimate of drug-likeness (QED) is 0.145. The minimum Gasteiger partial charge on any atom is -0.497 e. The van der Waals surface area contributed by atoms with E-state index in [4.69, 9.17) is 9.47 Å². The predicted octanol–water partition coefficient (Wildman–Crippen LogP) is 4.21. The standard InChI is InChI=1S/C34H44N6O2/c1-41-33-13-14-34(42-2)30(23-33)15-18-35-24-28-9-11-29(12-10-28)27-40(21-19-36-25-31-7-3-5-16-38-31)22-20-37-26-32-8-4-6-17-39-32/h3-14,16-17,23,35-37H,15,18-22,24-27H2,1-2H3. The van der Waals surface area contributed by atoms with E-state index in [9.17, 15) is 0 Å². The molecule has 4 aromatic rings. The second-order valence-electron chi connectivity index (χ2n) is 10.2. The first kappa shape index (κ1) is 31.1. The third-order valence-corrected chi connectivity index (χ3v) is 7.09. The maximum absolute atomic E-state index is 5.51. The van der Waals surface area contributed by atoms with E-state index in [1.54, 1.807) is 14.2 Å². The van der Waals surface area contributed by atoms with Gasteiger partial charge in [-0.3, -0.25) is 14.9 Å². The molecule has 2 aromatic carbocycles. The lowest BCUT2D eigenvalue weighted by atomic mass is 10.1. The summed E-state index contributed by atoms with van der Waals surface area (Å²) in [6.45, 7) is 7.84. The molecule has 0 aliphatic rings. The first-order valence-corrected chi connectivity index (χ1v) is 14.7. The summed E-state index contributed by atoms with van der Waals surface area (Å²) in [6.07, 6.45) is 4.55. The fourth-order valence-corrected chi connectivity index (χ4v) is 4.74. The van der Waals surface area contributed by atoms with Crippen LogP contribution >= 0.6 is 0 Å². The van der Waals surface area contributed by atoms with E-state index >= 15 is 0 Å². The van der Waals surface area contributed by atoms with Gasteiger partial charge >= 0.3 is 0 Å². The molecule has 0 saturated carbocycles. The molecule has 4 rings (SSSR count). The predicted molar refractivity (Wildman–Crippen MR) is 169 cm³/mol. The smallest absolute Gasteiger partial charge is 0.122 e. The van der Waals surface area contributed by atoms with Crippen molar-refractivity contribution >= 4 is 0 Å². The van der Waals surface area contributed by atoms with Crippen LogP contribution in [0.5, 0.6) is 11.5 Å². The van der Waals surface area contributed by atoms with Crippen LogP contribution in [-0.2, 0) is 32.6 Å². The number of hydrogen-bond acceptors (Lipinski definition) is 8. The molecule has 8 nitrogen and oxygen atoms in total. The van der Waals surface area contributed by atoms with Crippen molar-refractivity contribution in [3.63, 3.8) is 0 Å². The number of nitrogens with zero attached hydrogens (tertiary/aromatic N) is 3. The molecule has 3 N–H and O–H groups in total. The third kappa shape index (κ3) is 10.9. The average Bonchev–Trinajstić information content (AvgIpc) is 3.04. The summed E-state index contributed by atoms with van der Waals surface area (Å²) in [7, 11) is 3.40. The molecule has 2 aromatic heterocycles. The van der Waals surface area contributed by atoms with E-state index < -0.39 is 0 Å². The van der Waals surface area contributed by atoms with Crippen LogP contribution in [0.4, 0.5) is 0 Å². The van der Waals surface area contributed by atoms with Gasteiger partial charge in [-0.05, 0) is 72.1 Å². The maximum Gasteiger partial charge on any atom is 0.122 e. The SMILES string of the molecule is COc1ccc(OC)c(CCNCc2ccc(CN(CCNCc3ccccn3)CCNCc3ccccn3)cc2)c1. The lowest BCUT2D eigenvalue weighted by Crippen LogP contribution is -2.36. The van der Waals surface area contributed by atoms with Crippen LogP contribution in [0.25, 0.3) is 0 Å². The zero-order valence-electron chi connectivity index (χ0n) is 24.9. The number of benzene rings is 2. The Morgan fingerprint density at radius 2 is 1.26 bits per heavy atom. The highest BCUT2D eigenvalue weighted by molar-refractivity contribution is 5.40. The number of pyridine rings is 2. The Bertz CT molecular complexity index is 1240. The summed E-state index contributed by atoms with van der Waals surface area (Å²) < 4.78 is 10.9. The number of rotatable bonds is 19. The molecule has 0 spiro atoms. The van der Waals surface area contributed by atoms with Gasteiger partial charge in [0.25, 0.3) is 0 Å². The molecular formula is C34H44N6O2. The van der Waals surface area contributed by atoms with Gasteiger partial charge in [-0.1, -0.05) is 36.4 Å². The second kappa shape index (κ2) is 17.9. The molecule has 0 unspecified atom stereocenters. The Morgan fingerprint density at radius 1 is 0.643 bits per heavy atom. The Kier molecular flexibility index (Phi) is 13.2. The molecule has 0 radical (unpaired) electrons. The van der Waals surface area contributed by atoms with Gasteiger partial charge in [0.1, 0.15) is 11.5 Å². The number of hydrogen-bond donors (Lipinski definition) is 3. The summed E-state index contributed by atoms with van der Waals surface area (Å²) in [4.78, 5) is 11.3. The normalized spacial score (nSPS) is 11.1. The van der Waals surface area contributed by atoms with Crippen LogP contribution in [-0.4, -0.2) is 61.8 Å². The minimum absolute atomic E-state index is 0.777. The van der Waals surface area contributed by atoms with Crippen LogP contribution in [0.2, 0.25) is 0 Å². The summed E-state index contributed by atoms with van der Waals surface area (Å²) in [5, 5.41) is 10.6. The van der Waals surface area contributed by atoms with Crippen LogP contribution in [0.15, 0.2) is 91.3 Å². The molecule has 0 amide bonds. The minimum atomic E-state index is 0.777. The molecule has 8 heteroatoms. The lowest BCUT2D eigenvalue weighted by molar-refractivity contribution is 0.263. The van der Waals surface area contributed by atoms with Crippen molar-refractivity contribution in [2.45, 2.75) is 32.6 Å². The van der Waals surface area contributed by atoms with Crippen molar-refractivity contribution in [3.05, 3.63) is 119 Å². The second-order valence-corrected chi connectivity index (χ2v) is 10.2. The van der Waals surface area contributed by atoms with Crippen molar-refractivity contribution in [3.8, 4) is 11.5 Å². The van der Waals surface area contributed by atoms with Crippen LogP contribution in [0.1, 0.15) is 28.1 Å². The lowest BCUT2D eigenvalue weighted by Gasteiger charge is -2.23. The van der Waals surface area contributed by atoms with E-state index in [2.05, 4.69) is 67.2 Å². The molecule has 2 heterocycles. The summed E-state index contributed by atoms with van der Waals surface area (Å²) in [6, 6.07) is 26.9. The molecule has 0 atom stereocenters. The molecule has 0 saturated heterocycles. The summed E-state index contributed by atoms with van der Waals surface area (Å²) in [5.41, 5.74) is 5.86. The number of nitrogens with one attached hydrogen (secondary N) is 3. The topological polar surface area (TPSA) is 83.6 Å². The summed E-state index contributed by atoms with van der Waals surface area (Å²) >= 11 is 0. The van der Waals surface area contributed by atoms with Crippen molar-refractivity contribution in [1.82, 2.24) is 30.8 Å². The highest BCUT2D eigenvalue weighted by Gasteiger charge is 2.08. The fourth-order valence-electron chi connectivity index (χ4n) is 4.74. The molecule has 0 bridgehead atoms. The molecular weight excluding hydrogens is 524 g/mol. The van der Waals surface area contributed by atoms with E-state index in [0.717, 1.165) is 93.8 Å². The zero-order valence-corrected chi connectivity index (χ0v) is 24.9. The molecule has 0 aliphatic heterocycles. The van der Waals surface area contributed by atoms with Crippen LogP contribution < -0.4 is 25.4 Å². The van der Waals surface area contributed by atoms with Crippen molar-refractivity contribution < 1.29 is 9.47 Å². The number of methoxy groups -OCH3 is 2. The molecule has 0 fully saturated rings. The van der Waals surface area contributed by atoms with E-state index in [0.29, 0.717) is 0 Å². The fraction of sp³-hybridized carbons (Fsp3) is 0.353. The van der Waals surface area contributed by atoms with E-state index in [-0.39, 0.29) is 0 Å². The van der Waals surface area contributed by atoms with Gasteiger partial charge in [-0.2, -0.15) is 0 Å². The largest absolute Gasteiger partial charge is 0.497 e.